The van der Waals surface area contributed by atoms with Gasteiger partial charge in [0.05, 0.1) is 11.0 Å². The van der Waals surface area contributed by atoms with E-state index in [9.17, 15) is 4.79 Å². The molecule has 0 N–H and O–H groups in total. The lowest BCUT2D eigenvalue weighted by atomic mass is 10.1. The minimum atomic E-state index is 0.0603. The summed E-state index contributed by atoms with van der Waals surface area (Å²) in [6.07, 6.45) is 3.95. The summed E-state index contributed by atoms with van der Waals surface area (Å²) in [5.41, 5.74) is 5.66. The molecule has 1 amide bonds. The van der Waals surface area contributed by atoms with Crippen LogP contribution in [0.4, 0.5) is 5.69 Å². The summed E-state index contributed by atoms with van der Waals surface area (Å²) in [5.74, 6) is 1.23. The largest absolute Gasteiger partial charge is 0.323 e. The number of imidazole rings is 1. The minimum absolute atomic E-state index is 0.0603. The van der Waals surface area contributed by atoms with E-state index in [0.29, 0.717) is 13.0 Å². The maximum absolute atomic E-state index is 13.1. The first-order chi connectivity index (χ1) is 17.7. The predicted molar refractivity (Wildman–Crippen MR) is 148 cm³/mol. The number of rotatable bonds is 7. The summed E-state index contributed by atoms with van der Waals surface area (Å²) >= 11 is 0. The molecule has 0 radical (unpaired) electrons. The van der Waals surface area contributed by atoms with Gasteiger partial charge in [0.25, 0.3) is 0 Å². The van der Waals surface area contributed by atoms with Gasteiger partial charge in [-0.1, -0.05) is 74.0 Å². The van der Waals surface area contributed by atoms with Crippen molar-refractivity contribution in [3.05, 3.63) is 108 Å². The number of aryl methyl sites for hydroxylation is 1. The molecular formula is C32H31N3O. The normalized spacial score (nSPS) is 15.9. The van der Waals surface area contributed by atoms with E-state index < -0.39 is 0 Å². The molecule has 0 bridgehead atoms. The maximum atomic E-state index is 13.1. The fourth-order valence-electron chi connectivity index (χ4n) is 5.45. The Bertz CT molecular complexity index is 1530. The average molecular weight is 474 g/mol. The van der Waals surface area contributed by atoms with Crippen LogP contribution < -0.4 is 4.90 Å². The molecule has 4 nitrogen and oxygen atoms in total. The van der Waals surface area contributed by atoms with Crippen LogP contribution in [0.15, 0.2) is 91.0 Å². The fourth-order valence-corrected chi connectivity index (χ4v) is 5.45. The van der Waals surface area contributed by atoms with E-state index in [1.807, 2.05) is 11.0 Å². The fraction of sp³-hybridized carbons (Fsp3) is 0.250. The number of hydrogen-bond donors (Lipinski definition) is 0. The van der Waals surface area contributed by atoms with Crippen LogP contribution in [0.25, 0.3) is 21.8 Å². The Balaban J connectivity index is 1.31. The molecule has 1 saturated heterocycles. The number of amides is 1. The molecular weight excluding hydrogens is 442 g/mol. The van der Waals surface area contributed by atoms with E-state index in [2.05, 4.69) is 96.4 Å². The molecule has 1 atom stereocenters. The third-order valence-corrected chi connectivity index (χ3v) is 7.40. The second-order valence-corrected chi connectivity index (χ2v) is 9.90. The Morgan fingerprint density at radius 3 is 2.44 bits per heavy atom. The molecule has 1 aromatic heterocycles. The van der Waals surface area contributed by atoms with Crippen LogP contribution in [0.5, 0.6) is 0 Å². The highest BCUT2D eigenvalue weighted by atomic mass is 16.2. The number of carbonyl (C=O) groups excluding carboxylic acids is 1. The molecule has 180 valence electrons. The number of benzene rings is 4. The zero-order chi connectivity index (χ0) is 24.5. The zero-order valence-corrected chi connectivity index (χ0v) is 20.7. The van der Waals surface area contributed by atoms with Gasteiger partial charge in [-0.3, -0.25) is 4.79 Å². The topological polar surface area (TPSA) is 38.1 Å². The number of para-hydroxylation sites is 2. The number of anilines is 1. The maximum Gasteiger partial charge on any atom is 0.227 e. The van der Waals surface area contributed by atoms with Crippen molar-refractivity contribution in [3.63, 3.8) is 0 Å². The predicted octanol–water partition coefficient (Wildman–Crippen LogP) is 7.10. The van der Waals surface area contributed by atoms with Crippen LogP contribution >= 0.6 is 0 Å². The van der Waals surface area contributed by atoms with Crippen LogP contribution in [0.2, 0.25) is 0 Å². The van der Waals surface area contributed by atoms with Crippen LogP contribution in [-0.4, -0.2) is 22.0 Å². The second-order valence-electron chi connectivity index (χ2n) is 9.90. The van der Waals surface area contributed by atoms with E-state index in [0.717, 1.165) is 35.5 Å². The van der Waals surface area contributed by atoms with Gasteiger partial charge >= 0.3 is 0 Å². The Kier molecular flexibility index (Phi) is 6.02. The summed E-state index contributed by atoms with van der Waals surface area (Å²) in [4.78, 5) is 20.1. The van der Waals surface area contributed by atoms with Gasteiger partial charge in [-0.05, 0) is 65.1 Å². The van der Waals surface area contributed by atoms with Gasteiger partial charge in [-0.25, -0.2) is 4.98 Å². The summed E-state index contributed by atoms with van der Waals surface area (Å²) in [7, 11) is 0. The zero-order valence-electron chi connectivity index (χ0n) is 20.7. The van der Waals surface area contributed by atoms with Crippen LogP contribution in [0.1, 0.15) is 49.1 Å². The third-order valence-electron chi connectivity index (χ3n) is 7.40. The lowest BCUT2D eigenvalue weighted by molar-refractivity contribution is -0.117. The molecule has 1 fully saturated rings. The van der Waals surface area contributed by atoms with Crippen molar-refractivity contribution < 1.29 is 4.79 Å². The number of fused-ring (bicyclic) bond motifs is 2. The minimum Gasteiger partial charge on any atom is -0.323 e. The van der Waals surface area contributed by atoms with Gasteiger partial charge in [0.15, 0.2) is 0 Å². The molecule has 2 heterocycles. The highest BCUT2D eigenvalue weighted by Crippen LogP contribution is 2.34. The van der Waals surface area contributed by atoms with Crippen LogP contribution in [0.3, 0.4) is 0 Å². The smallest absolute Gasteiger partial charge is 0.227 e. The first-order valence-corrected chi connectivity index (χ1v) is 13.0. The summed E-state index contributed by atoms with van der Waals surface area (Å²) in [6.45, 7) is 3.61. The highest BCUT2D eigenvalue weighted by Gasteiger charge is 2.34. The number of hydrogen-bond acceptors (Lipinski definition) is 2. The first kappa shape index (κ1) is 22.5. The molecule has 1 aliphatic heterocycles. The van der Waals surface area contributed by atoms with Crippen molar-refractivity contribution >= 4 is 33.4 Å². The molecule has 4 heteroatoms. The molecule has 5 aromatic rings. The number of nitrogens with zero attached hydrogens (tertiary/aromatic N) is 3. The van der Waals surface area contributed by atoms with Gasteiger partial charge in [0.2, 0.25) is 5.91 Å². The van der Waals surface area contributed by atoms with Crippen molar-refractivity contribution in [2.24, 2.45) is 0 Å². The Morgan fingerprint density at radius 2 is 1.61 bits per heavy atom. The molecule has 6 rings (SSSR count). The van der Waals surface area contributed by atoms with E-state index in [-0.39, 0.29) is 11.8 Å². The lowest BCUT2D eigenvalue weighted by Gasteiger charge is -2.18. The summed E-state index contributed by atoms with van der Waals surface area (Å²) < 4.78 is 2.31. The van der Waals surface area contributed by atoms with Gasteiger partial charge in [0.1, 0.15) is 5.82 Å². The van der Waals surface area contributed by atoms with Gasteiger partial charge in [0, 0.05) is 31.1 Å². The van der Waals surface area contributed by atoms with Gasteiger partial charge in [-0.15, -0.1) is 0 Å². The van der Waals surface area contributed by atoms with E-state index in [4.69, 9.17) is 4.98 Å². The molecule has 0 aliphatic carbocycles. The van der Waals surface area contributed by atoms with E-state index in [1.165, 1.54) is 34.7 Å². The van der Waals surface area contributed by atoms with Gasteiger partial charge < -0.3 is 9.47 Å². The monoisotopic (exact) mass is 473 g/mol. The van der Waals surface area contributed by atoms with E-state index >= 15 is 0 Å². The number of aromatic nitrogens is 2. The lowest BCUT2D eigenvalue weighted by Crippen LogP contribution is -2.24. The van der Waals surface area contributed by atoms with E-state index in [1.54, 1.807) is 0 Å². The summed E-state index contributed by atoms with van der Waals surface area (Å²) in [5, 5.41) is 2.49. The van der Waals surface area contributed by atoms with Crippen molar-refractivity contribution in [3.8, 4) is 0 Å². The molecule has 1 aliphatic rings. The Hall–Kier alpha value is -3.92. The first-order valence-electron chi connectivity index (χ1n) is 13.0. The molecule has 1 unspecified atom stereocenters. The third kappa shape index (κ3) is 4.28. The Morgan fingerprint density at radius 1 is 0.861 bits per heavy atom. The van der Waals surface area contributed by atoms with Crippen molar-refractivity contribution in [2.75, 3.05) is 11.4 Å². The van der Waals surface area contributed by atoms with Gasteiger partial charge in [-0.2, -0.15) is 0 Å². The number of carbonyl (C=O) groups is 1. The standard InChI is InChI=1S/C32H31N3O/c1-2-3-8-23-14-17-28(18-15-23)34-22-27(20-31(34)36)32-33-29-11-6-7-12-30(29)35(32)21-24-13-16-25-9-4-5-10-26(25)19-24/h4-7,9-19,27H,2-3,8,20-22H2,1H3. The Labute approximate surface area is 212 Å². The molecule has 0 spiro atoms. The quantitative estimate of drug-likeness (QED) is 0.253. The van der Waals surface area contributed by atoms with Crippen molar-refractivity contribution in [1.82, 2.24) is 9.55 Å². The molecule has 4 aromatic carbocycles. The number of unbranched alkanes of at least 4 members (excludes halogenated alkanes) is 1. The van der Waals surface area contributed by atoms with Crippen molar-refractivity contribution in [2.45, 2.75) is 45.1 Å². The SMILES string of the molecule is CCCCc1ccc(N2CC(c3nc4ccccc4n3Cc3ccc4ccccc4c3)CC2=O)cc1. The van der Waals surface area contributed by atoms with Crippen molar-refractivity contribution in [1.29, 1.82) is 0 Å². The average Bonchev–Trinajstić information content (AvgIpc) is 3.48. The highest BCUT2D eigenvalue weighted by molar-refractivity contribution is 5.96. The molecule has 0 saturated carbocycles. The molecule has 36 heavy (non-hydrogen) atoms. The van der Waals surface area contributed by atoms with Crippen LogP contribution in [0, 0.1) is 0 Å². The van der Waals surface area contributed by atoms with Crippen LogP contribution in [-0.2, 0) is 17.8 Å². The summed E-state index contributed by atoms with van der Waals surface area (Å²) in [6, 6.07) is 32.0. The second kappa shape index (κ2) is 9.62.